The molecule has 0 heterocycles. The second-order valence-electron chi connectivity index (χ2n) is 2.32. The van der Waals surface area contributed by atoms with Gasteiger partial charge in [-0.1, -0.05) is 6.07 Å². The Morgan fingerprint density at radius 1 is 1.58 bits per heavy atom. The number of rotatable bonds is 2. The van der Waals surface area contributed by atoms with Gasteiger partial charge in [0.05, 0.1) is 11.4 Å². The van der Waals surface area contributed by atoms with E-state index >= 15 is 0 Å². The molecule has 3 nitrogen and oxygen atoms in total. The van der Waals surface area contributed by atoms with Crippen molar-refractivity contribution < 1.29 is 13.2 Å². The van der Waals surface area contributed by atoms with Crippen molar-refractivity contribution in [3.63, 3.8) is 0 Å². The molecule has 0 aromatic heterocycles. The first-order valence-corrected chi connectivity index (χ1v) is 4.48. The van der Waals surface area contributed by atoms with Crippen LogP contribution in [0.2, 0.25) is 0 Å². The molecule has 5 heteroatoms. The zero-order valence-electron chi connectivity index (χ0n) is 6.16. The molecule has 12 heavy (non-hydrogen) atoms. The molecule has 1 rings (SSSR count). The Morgan fingerprint density at radius 2 is 2.25 bits per heavy atom. The molecular weight excluding hydrogens is 181 g/mol. The second-order valence-corrected chi connectivity index (χ2v) is 3.25. The number of halogens is 1. The van der Waals surface area contributed by atoms with Crippen LogP contribution in [-0.4, -0.2) is 8.76 Å². The summed E-state index contributed by atoms with van der Waals surface area (Å²) >= 11 is -1.94. The van der Waals surface area contributed by atoms with Crippen molar-refractivity contribution in [2.24, 2.45) is 0 Å². The summed E-state index contributed by atoms with van der Waals surface area (Å²) in [6.45, 7) is 0. The predicted molar refractivity (Wildman–Crippen MR) is 45.3 cm³/mol. The molecule has 0 bridgehead atoms. The van der Waals surface area contributed by atoms with Gasteiger partial charge in [-0.25, -0.2) is 8.60 Å². The highest BCUT2D eigenvalue weighted by atomic mass is 32.2. The SMILES string of the molecule is Nc1ccc(CS(=O)O)cc1F. The van der Waals surface area contributed by atoms with Crippen molar-refractivity contribution in [3.05, 3.63) is 29.6 Å². The molecule has 1 unspecified atom stereocenters. The summed E-state index contributed by atoms with van der Waals surface area (Å²) in [6.07, 6.45) is 0. The highest BCUT2D eigenvalue weighted by molar-refractivity contribution is 7.78. The fourth-order valence-electron chi connectivity index (χ4n) is 0.803. The van der Waals surface area contributed by atoms with Gasteiger partial charge in [-0.2, -0.15) is 0 Å². The van der Waals surface area contributed by atoms with Crippen molar-refractivity contribution >= 4 is 16.8 Å². The van der Waals surface area contributed by atoms with Crippen molar-refractivity contribution in [1.82, 2.24) is 0 Å². The Labute approximate surface area is 71.7 Å². The zero-order chi connectivity index (χ0) is 9.14. The number of anilines is 1. The largest absolute Gasteiger partial charge is 0.396 e. The standard InChI is InChI=1S/C7H8FNO2S/c8-6-3-5(4-12(10)11)1-2-7(6)9/h1-3H,4,9H2,(H,10,11). The van der Waals surface area contributed by atoms with Gasteiger partial charge in [-0.05, 0) is 17.7 Å². The van der Waals surface area contributed by atoms with Crippen LogP contribution < -0.4 is 5.73 Å². The third kappa shape index (κ3) is 2.28. The lowest BCUT2D eigenvalue weighted by molar-refractivity contribution is 0.563. The van der Waals surface area contributed by atoms with Gasteiger partial charge in [0.25, 0.3) is 0 Å². The third-order valence-corrected chi connectivity index (χ3v) is 1.94. The van der Waals surface area contributed by atoms with Crippen LogP contribution in [0.1, 0.15) is 5.56 Å². The first-order chi connectivity index (χ1) is 5.59. The molecule has 0 amide bonds. The van der Waals surface area contributed by atoms with E-state index in [9.17, 15) is 8.60 Å². The number of benzene rings is 1. The van der Waals surface area contributed by atoms with Gasteiger partial charge in [-0.15, -0.1) is 0 Å². The molecule has 0 aliphatic rings. The van der Waals surface area contributed by atoms with Gasteiger partial charge in [0.1, 0.15) is 5.82 Å². The Morgan fingerprint density at radius 3 is 2.75 bits per heavy atom. The molecule has 0 saturated heterocycles. The van der Waals surface area contributed by atoms with Crippen LogP contribution in [0.25, 0.3) is 0 Å². The average Bonchev–Trinajstić information content (AvgIpc) is 1.96. The van der Waals surface area contributed by atoms with E-state index in [0.717, 1.165) is 6.07 Å². The molecule has 1 aromatic carbocycles. The molecular formula is C7H8FNO2S. The Balaban J connectivity index is 2.89. The minimum absolute atomic E-state index is 0.0440. The van der Waals surface area contributed by atoms with Crippen molar-refractivity contribution in [3.8, 4) is 0 Å². The monoisotopic (exact) mass is 189 g/mol. The topological polar surface area (TPSA) is 63.3 Å². The minimum atomic E-state index is -1.94. The van der Waals surface area contributed by atoms with Gasteiger partial charge in [0, 0.05) is 0 Å². The Hall–Kier alpha value is -0.940. The molecule has 3 N–H and O–H groups in total. The summed E-state index contributed by atoms with van der Waals surface area (Å²) in [6, 6.07) is 4.05. The van der Waals surface area contributed by atoms with E-state index in [-0.39, 0.29) is 11.4 Å². The van der Waals surface area contributed by atoms with Crippen molar-refractivity contribution in [2.75, 3.05) is 5.73 Å². The fraction of sp³-hybridized carbons (Fsp3) is 0.143. The van der Waals surface area contributed by atoms with E-state index < -0.39 is 16.9 Å². The molecule has 66 valence electrons. The molecule has 1 aromatic rings. The highest BCUT2D eigenvalue weighted by Gasteiger charge is 2.01. The van der Waals surface area contributed by atoms with Crippen LogP contribution in [0.4, 0.5) is 10.1 Å². The quantitative estimate of drug-likeness (QED) is 0.541. The lowest BCUT2D eigenvalue weighted by atomic mass is 10.2. The molecule has 0 saturated carbocycles. The summed E-state index contributed by atoms with van der Waals surface area (Å²) in [5, 5.41) is 0. The average molecular weight is 189 g/mol. The van der Waals surface area contributed by atoms with Crippen LogP contribution in [0.15, 0.2) is 18.2 Å². The van der Waals surface area contributed by atoms with Crippen LogP contribution in [-0.2, 0) is 16.8 Å². The molecule has 0 aliphatic heterocycles. The lowest BCUT2D eigenvalue weighted by Gasteiger charge is -1.99. The first kappa shape index (κ1) is 9.15. The maximum Gasteiger partial charge on any atom is 0.157 e. The summed E-state index contributed by atoms with van der Waals surface area (Å²) in [5.41, 5.74) is 5.71. The molecule has 0 aliphatic carbocycles. The maximum atomic E-state index is 12.7. The first-order valence-electron chi connectivity index (χ1n) is 3.21. The highest BCUT2D eigenvalue weighted by Crippen LogP contribution is 2.12. The van der Waals surface area contributed by atoms with Gasteiger partial charge < -0.3 is 10.3 Å². The fourth-order valence-corrected chi connectivity index (χ4v) is 1.27. The number of nitrogens with two attached hydrogens (primary N) is 1. The number of hydrogen-bond donors (Lipinski definition) is 2. The van der Waals surface area contributed by atoms with E-state index in [0.29, 0.717) is 5.56 Å². The smallest absolute Gasteiger partial charge is 0.157 e. The summed E-state index contributed by atoms with van der Waals surface area (Å²) in [7, 11) is 0. The van der Waals surface area contributed by atoms with E-state index in [1.165, 1.54) is 12.1 Å². The van der Waals surface area contributed by atoms with E-state index in [4.69, 9.17) is 10.3 Å². The summed E-state index contributed by atoms with van der Waals surface area (Å²) in [5.74, 6) is -0.630. The third-order valence-electron chi connectivity index (χ3n) is 1.36. The molecule has 1 atom stereocenters. The summed E-state index contributed by atoms with van der Waals surface area (Å²) < 4.78 is 31.5. The molecule has 0 fully saturated rings. The van der Waals surface area contributed by atoms with Gasteiger partial charge in [-0.3, -0.25) is 0 Å². The van der Waals surface area contributed by atoms with Crippen molar-refractivity contribution in [1.29, 1.82) is 0 Å². The van der Waals surface area contributed by atoms with Crippen molar-refractivity contribution in [2.45, 2.75) is 5.75 Å². The van der Waals surface area contributed by atoms with E-state index in [1.807, 2.05) is 0 Å². The molecule has 0 spiro atoms. The van der Waals surface area contributed by atoms with Crippen LogP contribution in [0.3, 0.4) is 0 Å². The Bertz CT molecular complexity index is 316. The normalized spacial score (nSPS) is 12.8. The van der Waals surface area contributed by atoms with Gasteiger partial charge in [0.15, 0.2) is 11.1 Å². The lowest BCUT2D eigenvalue weighted by Crippen LogP contribution is -1.96. The minimum Gasteiger partial charge on any atom is -0.396 e. The van der Waals surface area contributed by atoms with Gasteiger partial charge >= 0.3 is 0 Å². The number of nitrogen functional groups attached to an aromatic ring is 1. The molecule has 0 radical (unpaired) electrons. The van der Waals surface area contributed by atoms with Gasteiger partial charge in [0.2, 0.25) is 0 Å². The van der Waals surface area contributed by atoms with Crippen LogP contribution in [0.5, 0.6) is 0 Å². The van der Waals surface area contributed by atoms with E-state index in [1.54, 1.807) is 0 Å². The van der Waals surface area contributed by atoms with E-state index in [2.05, 4.69) is 0 Å². The zero-order valence-corrected chi connectivity index (χ0v) is 6.97. The number of hydrogen-bond acceptors (Lipinski definition) is 2. The maximum absolute atomic E-state index is 12.7. The summed E-state index contributed by atoms with van der Waals surface area (Å²) in [4.78, 5) is 0. The predicted octanol–water partition coefficient (Wildman–Crippen LogP) is 1.13. The van der Waals surface area contributed by atoms with Crippen LogP contribution >= 0.6 is 0 Å². The Kier molecular flexibility index (Phi) is 2.78. The van der Waals surface area contributed by atoms with Crippen LogP contribution in [0, 0.1) is 5.82 Å². The second kappa shape index (κ2) is 3.64.